The normalized spacial score (nSPS) is 10.3. The summed E-state index contributed by atoms with van der Waals surface area (Å²) in [4.78, 5) is 17.1. The highest BCUT2D eigenvalue weighted by Crippen LogP contribution is 2.21. The Labute approximate surface area is 100 Å². The van der Waals surface area contributed by atoms with E-state index in [2.05, 4.69) is 15.3 Å². The molecule has 0 aliphatic rings. The van der Waals surface area contributed by atoms with Crippen molar-refractivity contribution in [1.29, 1.82) is 0 Å². The van der Waals surface area contributed by atoms with Crippen LogP contribution in [0.15, 0.2) is 24.7 Å². The lowest BCUT2D eigenvalue weighted by Gasteiger charge is -2.08. The van der Waals surface area contributed by atoms with E-state index in [9.17, 15) is 13.6 Å². The molecule has 1 aromatic carbocycles. The number of rotatable bonds is 4. The van der Waals surface area contributed by atoms with Gasteiger partial charge in [-0.15, -0.1) is 0 Å². The minimum atomic E-state index is -1.51. The molecule has 0 unspecified atom stereocenters. The summed E-state index contributed by atoms with van der Waals surface area (Å²) >= 11 is 0. The Hall–Kier alpha value is -2.44. The maximum atomic E-state index is 13.5. The van der Waals surface area contributed by atoms with Crippen LogP contribution < -0.4 is 5.32 Å². The third-order valence-corrected chi connectivity index (χ3v) is 2.34. The predicted octanol–water partition coefficient (Wildman–Crippen LogP) is 2.00. The Balaban J connectivity index is 2.19. The molecule has 7 heteroatoms. The molecular weight excluding hydrogens is 244 g/mol. The van der Waals surface area contributed by atoms with Crippen molar-refractivity contribution in [3.8, 4) is 0 Å². The third-order valence-electron chi connectivity index (χ3n) is 2.34. The van der Waals surface area contributed by atoms with Crippen molar-refractivity contribution < 1.29 is 18.7 Å². The number of carboxylic acids is 1. The molecule has 0 aliphatic heterocycles. The first kappa shape index (κ1) is 12.0. The molecule has 1 aromatic heterocycles. The van der Waals surface area contributed by atoms with Crippen LogP contribution >= 0.6 is 0 Å². The van der Waals surface area contributed by atoms with E-state index in [-0.39, 0.29) is 12.2 Å². The number of carbonyl (C=O) groups is 1. The minimum Gasteiger partial charge on any atom is -0.478 e. The number of nitrogens with zero attached hydrogens (tertiary/aromatic N) is 1. The topological polar surface area (TPSA) is 78.0 Å². The van der Waals surface area contributed by atoms with E-state index in [4.69, 9.17) is 5.11 Å². The van der Waals surface area contributed by atoms with Crippen molar-refractivity contribution in [3.05, 3.63) is 47.5 Å². The predicted molar refractivity (Wildman–Crippen MR) is 59.2 cm³/mol. The number of imidazole rings is 1. The van der Waals surface area contributed by atoms with Crippen molar-refractivity contribution in [2.45, 2.75) is 6.54 Å². The number of anilines is 1. The van der Waals surface area contributed by atoms with Gasteiger partial charge in [0.25, 0.3) is 0 Å². The maximum Gasteiger partial charge on any atom is 0.338 e. The molecule has 0 bridgehead atoms. The van der Waals surface area contributed by atoms with Gasteiger partial charge >= 0.3 is 5.97 Å². The SMILES string of the molecule is O=C(O)c1ccc(NCc2cnc[nH]2)c(F)c1F. The van der Waals surface area contributed by atoms with E-state index >= 15 is 0 Å². The van der Waals surface area contributed by atoms with Gasteiger partial charge in [0, 0.05) is 6.20 Å². The lowest BCUT2D eigenvalue weighted by Crippen LogP contribution is -2.07. The highest BCUT2D eigenvalue weighted by Gasteiger charge is 2.17. The van der Waals surface area contributed by atoms with Gasteiger partial charge in [0.2, 0.25) is 0 Å². The van der Waals surface area contributed by atoms with Gasteiger partial charge in [-0.2, -0.15) is 0 Å². The van der Waals surface area contributed by atoms with Crippen LogP contribution in [0.4, 0.5) is 14.5 Å². The molecule has 94 valence electrons. The maximum absolute atomic E-state index is 13.5. The number of aromatic amines is 1. The second kappa shape index (κ2) is 4.82. The molecule has 0 radical (unpaired) electrons. The van der Waals surface area contributed by atoms with Gasteiger partial charge in [-0.1, -0.05) is 0 Å². The number of hydrogen-bond donors (Lipinski definition) is 3. The van der Waals surface area contributed by atoms with E-state index in [1.165, 1.54) is 18.6 Å². The first-order valence-corrected chi connectivity index (χ1v) is 5.02. The summed E-state index contributed by atoms with van der Waals surface area (Å²) in [5.41, 5.74) is -0.108. The number of hydrogen-bond acceptors (Lipinski definition) is 3. The number of aromatic nitrogens is 2. The van der Waals surface area contributed by atoms with Gasteiger partial charge in [-0.25, -0.2) is 18.6 Å². The second-order valence-electron chi connectivity index (χ2n) is 3.52. The third kappa shape index (κ3) is 2.29. The fraction of sp³-hybridized carbons (Fsp3) is 0.0909. The summed E-state index contributed by atoms with van der Waals surface area (Å²) < 4.78 is 26.9. The summed E-state index contributed by atoms with van der Waals surface area (Å²) in [6, 6.07) is 2.19. The van der Waals surface area contributed by atoms with Crippen molar-refractivity contribution in [1.82, 2.24) is 9.97 Å². The molecule has 0 spiro atoms. The van der Waals surface area contributed by atoms with Crippen LogP contribution in [0.25, 0.3) is 0 Å². The van der Waals surface area contributed by atoms with Crippen LogP contribution in [0.3, 0.4) is 0 Å². The molecule has 3 N–H and O–H groups in total. The number of H-pyrrole nitrogens is 1. The number of nitrogens with one attached hydrogen (secondary N) is 2. The summed E-state index contributed by atoms with van der Waals surface area (Å²) in [5, 5.41) is 11.3. The molecule has 0 fully saturated rings. The molecule has 18 heavy (non-hydrogen) atoms. The summed E-state index contributed by atoms with van der Waals surface area (Å²) in [6.45, 7) is 0.225. The first-order valence-electron chi connectivity index (χ1n) is 5.02. The fourth-order valence-corrected chi connectivity index (χ4v) is 1.42. The van der Waals surface area contributed by atoms with E-state index in [0.717, 1.165) is 6.07 Å². The molecule has 0 aliphatic carbocycles. The standard InChI is InChI=1S/C11H9F2N3O2/c12-9-7(11(17)18)1-2-8(10(9)13)15-4-6-3-14-5-16-6/h1-3,5,15H,4H2,(H,14,16)(H,17,18). The number of aromatic carboxylic acids is 1. The monoisotopic (exact) mass is 253 g/mol. The zero-order chi connectivity index (χ0) is 13.1. The molecule has 0 saturated heterocycles. The lowest BCUT2D eigenvalue weighted by atomic mass is 10.2. The largest absolute Gasteiger partial charge is 0.478 e. The van der Waals surface area contributed by atoms with Crippen LogP contribution in [0.5, 0.6) is 0 Å². The van der Waals surface area contributed by atoms with Crippen molar-refractivity contribution in [2.24, 2.45) is 0 Å². The number of halogens is 2. The molecule has 1 heterocycles. The minimum absolute atomic E-state index is 0.105. The molecule has 0 atom stereocenters. The Morgan fingerprint density at radius 1 is 1.39 bits per heavy atom. The Morgan fingerprint density at radius 3 is 2.78 bits per heavy atom. The van der Waals surface area contributed by atoms with Gasteiger partial charge in [0.1, 0.15) is 0 Å². The summed E-state index contributed by atoms with van der Waals surface area (Å²) in [6.07, 6.45) is 2.99. The Morgan fingerprint density at radius 2 is 2.17 bits per heavy atom. The van der Waals surface area contributed by atoms with Crippen LogP contribution in [0.2, 0.25) is 0 Å². The van der Waals surface area contributed by atoms with Crippen LogP contribution in [-0.4, -0.2) is 21.0 Å². The van der Waals surface area contributed by atoms with Crippen LogP contribution in [0.1, 0.15) is 16.1 Å². The van der Waals surface area contributed by atoms with E-state index in [1.807, 2.05) is 0 Å². The smallest absolute Gasteiger partial charge is 0.338 e. The number of carboxylic acid groups (broad SMARTS) is 1. The molecule has 0 amide bonds. The van der Waals surface area contributed by atoms with Gasteiger partial charge < -0.3 is 15.4 Å². The van der Waals surface area contributed by atoms with Crippen LogP contribution in [0, 0.1) is 11.6 Å². The lowest BCUT2D eigenvalue weighted by molar-refractivity contribution is 0.0690. The average molecular weight is 253 g/mol. The molecule has 2 aromatic rings. The molecule has 0 saturated carbocycles. The van der Waals surface area contributed by atoms with Crippen LogP contribution in [-0.2, 0) is 6.54 Å². The first-order chi connectivity index (χ1) is 8.59. The van der Waals surface area contributed by atoms with Gasteiger partial charge in [0.15, 0.2) is 11.6 Å². The Kier molecular flexibility index (Phi) is 3.22. The van der Waals surface area contributed by atoms with E-state index in [0.29, 0.717) is 5.69 Å². The summed E-state index contributed by atoms with van der Waals surface area (Å²) in [7, 11) is 0. The zero-order valence-electron chi connectivity index (χ0n) is 9.08. The van der Waals surface area contributed by atoms with Crippen molar-refractivity contribution >= 4 is 11.7 Å². The highest BCUT2D eigenvalue weighted by molar-refractivity contribution is 5.88. The number of benzene rings is 1. The van der Waals surface area contributed by atoms with Gasteiger partial charge in [0.05, 0.1) is 29.8 Å². The van der Waals surface area contributed by atoms with Crippen molar-refractivity contribution in [3.63, 3.8) is 0 Å². The molecular formula is C11H9F2N3O2. The Bertz CT molecular complexity index is 570. The van der Waals surface area contributed by atoms with Crippen molar-refractivity contribution in [2.75, 3.05) is 5.32 Å². The molecule has 2 rings (SSSR count). The zero-order valence-corrected chi connectivity index (χ0v) is 9.08. The average Bonchev–Trinajstić information content (AvgIpc) is 2.83. The van der Waals surface area contributed by atoms with E-state index in [1.54, 1.807) is 0 Å². The highest BCUT2D eigenvalue weighted by atomic mass is 19.2. The van der Waals surface area contributed by atoms with Gasteiger partial charge in [-0.3, -0.25) is 0 Å². The second-order valence-corrected chi connectivity index (χ2v) is 3.52. The summed E-state index contributed by atoms with van der Waals surface area (Å²) in [5.74, 6) is -4.10. The fourth-order valence-electron chi connectivity index (χ4n) is 1.42. The van der Waals surface area contributed by atoms with E-state index < -0.39 is 23.2 Å². The quantitative estimate of drug-likeness (QED) is 0.778. The molecule has 5 nitrogen and oxygen atoms in total. The van der Waals surface area contributed by atoms with Gasteiger partial charge in [-0.05, 0) is 12.1 Å².